The number of hydrogen-bond acceptors (Lipinski definition) is 4. The molecule has 2 rings (SSSR count). The first-order chi connectivity index (χ1) is 10.9. The summed E-state index contributed by atoms with van der Waals surface area (Å²) in [6.07, 6.45) is 2.58. The molecular weight excluding hydrogens is 286 g/mol. The molecule has 1 unspecified atom stereocenters. The lowest BCUT2D eigenvalue weighted by atomic mass is 9.84. The number of nitrogens with zero attached hydrogens (tertiary/aromatic N) is 2. The Kier molecular flexibility index (Phi) is 8.73. The van der Waals surface area contributed by atoms with E-state index in [1.54, 1.807) is 0 Å². The molecule has 0 bridgehead atoms. The Bertz CT molecular complexity index is 347. The maximum atomic E-state index is 11.8. The van der Waals surface area contributed by atoms with E-state index in [-0.39, 0.29) is 5.92 Å². The first-order valence-electron chi connectivity index (χ1n) is 9.58. The second-order valence-electron chi connectivity index (χ2n) is 7.87. The van der Waals surface area contributed by atoms with Crippen LogP contribution in [0.2, 0.25) is 0 Å². The molecule has 0 spiro atoms. The van der Waals surface area contributed by atoms with Gasteiger partial charge in [0.1, 0.15) is 5.78 Å². The fraction of sp³-hybridized carbons (Fsp3) is 0.947. The second-order valence-corrected chi connectivity index (χ2v) is 7.87. The Morgan fingerprint density at radius 3 is 2.22 bits per heavy atom. The predicted molar refractivity (Wildman–Crippen MR) is 98.9 cm³/mol. The smallest absolute Gasteiger partial charge is 0.149 e. The molecule has 0 aliphatic carbocycles. The van der Waals surface area contributed by atoms with E-state index in [0.717, 1.165) is 38.6 Å². The lowest BCUT2D eigenvalue weighted by molar-refractivity contribution is -0.123. The van der Waals surface area contributed by atoms with Gasteiger partial charge in [-0.25, -0.2) is 0 Å². The number of carbonyl (C=O) groups excluding carboxylic acids is 1. The van der Waals surface area contributed by atoms with E-state index in [4.69, 9.17) is 0 Å². The number of carbonyl (C=O) groups is 1. The van der Waals surface area contributed by atoms with E-state index in [1.807, 2.05) is 27.7 Å². The number of Topliss-reactive ketones (excluding diaryl/α,β-unsaturated/α-hetero) is 1. The van der Waals surface area contributed by atoms with Gasteiger partial charge in [-0.15, -0.1) is 0 Å². The van der Waals surface area contributed by atoms with Crippen molar-refractivity contribution in [2.24, 2.45) is 11.8 Å². The van der Waals surface area contributed by atoms with Crippen LogP contribution in [0, 0.1) is 11.8 Å². The predicted octanol–water partition coefficient (Wildman–Crippen LogP) is 2.63. The van der Waals surface area contributed by atoms with Gasteiger partial charge in [0.15, 0.2) is 0 Å². The van der Waals surface area contributed by atoms with Crippen molar-refractivity contribution in [1.29, 1.82) is 0 Å². The van der Waals surface area contributed by atoms with Crippen LogP contribution in [-0.4, -0.2) is 66.9 Å². The van der Waals surface area contributed by atoms with Gasteiger partial charge < -0.3 is 10.2 Å². The molecule has 23 heavy (non-hydrogen) atoms. The largest absolute Gasteiger partial charge is 0.312 e. The highest BCUT2D eigenvalue weighted by molar-refractivity contribution is 5.82. The van der Waals surface area contributed by atoms with Gasteiger partial charge in [-0.1, -0.05) is 27.7 Å². The summed E-state index contributed by atoms with van der Waals surface area (Å²) in [5.41, 5.74) is 0.300. The van der Waals surface area contributed by atoms with Gasteiger partial charge in [0.05, 0.1) is 6.54 Å². The van der Waals surface area contributed by atoms with Crippen LogP contribution in [0.4, 0.5) is 0 Å². The Morgan fingerprint density at radius 1 is 1.13 bits per heavy atom. The summed E-state index contributed by atoms with van der Waals surface area (Å²) < 4.78 is 0. The van der Waals surface area contributed by atoms with E-state index in [2.05, 4.69) is 29.0 Å². The van der Waals surface area contributed by atoms with Gasteiger partial charge in [-0.2, -0.15) is 0 Å². The molecule has 136 valence electrons. The molecule has 2 saturated heterocycles. The molecule has 0 aromatic carbocycles. The third-order valence-electron chi connectivity index (χ3n) is 4.96. The normalized spacial score (nSPS) is 25.8. The fourth-order valence-electron chi connectivity index (χ4n) is 3.56. The van der Waals surface area contributed by atoms with Gasteiger partial charge in [0.25, 0.3) is 0 Å². The van der Waals surface area contributed by atoms with E-state index < -0.39 is 0 Å². The molecule has 4 nitrogen and oxygen atoms in total. The molecule has 2 fully saturated rings. The molecule has 0 radical (unpaired) electrons. The summed E-state index contributed by atoms with van der Waals surface area (Å²) in [7, 11) is 0. The number of piperidine rings is 1. The third-order valence-corrected chi connectivity index (χ3v) is 4.96. The minimum Gasteiger partial charge on any atom is -0.312 e. The quantitative estimate of drug-likeness (QED) is 0.843. The maximum absolute atomic E-state index is 11.8. The summed E-state index contributed by atoms with van der Waals surface area (Å²) >= 11 is 0. The fourth-order valence-corrected chi connectivity index (χ4v) is 3.56. The molecule has 1 atom stereocenters. The van der Waals surface area contributed by atoms with Crippen LogP contribution in [0.5, 0.6) is 0 Å². The van der Waals surface area contributed by atoms with Gasteiger partial charge in [0, 0.05) is 44.2 Å². The van der Waals surface area contributed by atoms with Crippen LogP contribution in [-0.2, 0) is 4.79 Å². The van der Waals surface area contributed by atoms with E-state index in [1.165, 1.54) is 19.4 Å². The van der Waals surface area contributed by atoms with Crippen LogP contribution < -0.4 is 5.32 Å². The van der Waals surface area contributed by atoms with E-state index in [9.17, 15) is 4.79 Å². The Labute approximate surface area is 144 Å². The first kappa shape index (κ1) is 20.6. The Balaban J connectivity index is 0.00000127. The highest BCUT2D eigenvalue weighted by Crippen LogP contribution is 2.25. The topological polar surface area (TPSA) is 35.6 Å². The third kappa shape index (κ3) is 7.32. The average molecular weight is 326 g/mol. The van der Waals surface area contributed by atoms with Crippen LogP contribution in [0.15, 0.2) is 0 Å². The average Bonchev–Trinajstić information content (AvgIpc) is 2.50. The molecule has 2 aliphatic heterocycles. The molecule has 0 aromatic rings. The van der Waals surface area contributed by atoms with Crippen molar-refractivity contribution in [3.63, 3.8) is 0 Å². The molecular formula is C19H39N3O. The lowest BCUT2D eigenvalue weighted by Crippen LogP contribution is -2.52. The summed E-state index contributed by atoms with van der Waals surface area (Å²) in [5.74, 6) is 1.37. The first-order valence-corrected chi connectivity index (χ1v) is 9.58. The summed E-state index contributed by atoms with van der Waals surface area (Å²) in [4.78, 5) is 16.7. The number of hydrogen-bond donors (Lipinski definition) is 1. The lowest BCUT2D eigenvalue weighted by Gasteiger charge is -2.41. The number of piperazine rings is 1. The van der Waals surface area contributed by atoms with Crippen molar-refractivity contribution in [2.45, 2.75) is 59.9 Å². The zero-order valence-corrected chi connectivity index (χ0v) is 16.3. The van der Waals surface area contributed by atoms with Crippen molar-refractivity contribution in [3.05, 3.63) is 0 Å². The molecule has 0 saturated carbocycles. The Hall–Kier alpha value is -0.450. The van der Waals surface area contributed by atoms with Crippen LogP contribution in [0.3, 0.4) is 0 Å². The monoisotopic (exact) mass is 325 g/mol. The SMILES string of the molecule is CC.CC(C)C(=O)CN1CCN(CC2CCNC(C)(C)C2)CC1. The van der Waals surface area contributed by atoms with Gasteiger partial charge in [-0.3, -0.25) is 9.69 Å². The molecule has 1 N–H and O–H groups in total. The number of ketones is 1. The van der Waals surface area contributed by atoms with Crippen LogP contribution in [0.25, 0.3) is 0 Å². The van der Waals surface area contributed by atoms with Crippen molar-refractivity contribution < 1.29 is 4.79 Å². The van der Waals surface area contributed by atoms with Crippen molar-refractivity contribution >= 4 is 5.78 Å². The summed E-state index contributed by atoms with van der Waals surface area (Å²) in [6, 6.07) is 0. The van der Waals surface area contributed by atoms with E-state index in [0.29, 0.717) is 17.9 Å². The van der Waals surface area contributed by atoms with Gasteiger partial charge >= 0.3 is 0 Å². The molecule has 2 heterocycles. The van der Waals surface area contributed by atoms with Crippen molar-refractivity contribution in [1.82, 2.24) is 15.1 Å². The Morgan fingerprint density at radius 2 is 1.70 bits per heavy atom. The second kappa shape index (κ2) is 9.75. The highest BCUT2D eigenvalue weighted by atomic mass is 16.1. The van der Waals surface area contributed by atoms with Crippen molar-refractivity contribution in [3.8, 4) is 0 Å². The molecule has 0 amide bonds. The minimum absolute atomic E-state index is 0.167. The minimum atomic E-state index is 0.167. The highest BCUT2D eigenvalue weighted by Gasteiger charge is 2.29. The van der Waals surface area contributed by atoms with Crippen molar-refractivity contribution in [2.75, 3.05) is 45.8 Å². The zero-order chi connectivity index (χ0) is 17.5. The van der Waals surface area contributed by atoms with Gasteiger partial charge in [0.2, 0.25) is 0 Å². The van der Waals surface area contributed by atoms with Crippen LogP contribution >= 0.6 is 0 Å². The van der Waals surface area contributed by atoms with Gasteiger partial charge in [-0.05, 0) is 39.2 Å². The molecule has 2 aliphatic rings. The maximum Gasteiger partial charge on any atom is 0.149 e. The van der Waals surface area contributed by atoms with E-state index >= 15 is 0 Å². The number of rotatable bonds is 5. The number of nitrogens with one attached hydrogen (secondary N) is 1. The molecule has 4 heteroatoms. The summed E-state index contributed by atoms with van der Waals surface area (Å²) in [6.45, 7) is 20.0. The van der Waals surface area contributed by atoms with Crippen LogP contribution in [0.1, 0.15) is 54.4 Å². The summed E-state index contributed by atoms with van der Waals surface area (Å²) in [5, 5.41) is 3.60. The zero-order valence-electron chi connectivity index (χ0n) is 16.3. The molecule has 0 aromatic heterocycles. The standard InChI is InChI=1S/C17H33N3O.C2H6/c1-14(2)16(21)13-20-9-7-19(8-10-20)12-15-5-6-18-17(3,4)11-15;1-2/h14-15,18H,5-13H2,1-4H3;1-2H3.